The molecule has 3 saturated heterocycles. The quantitative estimate of drug-likeness (QED) is 0.139. The molecular weight excluding hydrogens is 909 g/mol. The highest BCUT2D eigenvalue weighted by Crippen LogP contribution is 2.58. The third-order valence-corrected chi connectivity index (χ3v) is 17.1. The van der Waals surface area contributed by atoms with E-state index >= 15 is 0 Å². The van der Waals surface area contributed by atoms with Crippen molar-refractivity contribution in [1.82, 2.24) is 40.6 Å². The summed E-state index contributed by atoms with van der Waals surface area (Å²) >= 11 is 0. The summed E-state index contributed by atoms with van der Waals surface area (Å²) < 4.78 is 0. The van der Waals surface area contributed by atoms with Crippen LogP contribution in [0.2, 0.25) is 0 Å². The van der Waals surface area contributed by atoms with Gasteiger partial charge in [0.15, 0.2) is 5.82 Å². The Labute approximate surface area is 422 Å². The Morgan fingerprint density at radius 2 is 1.64 bits per heavy atom. The Morgan fingerprint density at radius 1 is 0.903 bits per heavy atom. The van der Waals surface area contributed by atoms with Gasteiger partial charge in [-0.25, -0.2) is 9.97 Å². The Kier molecular flexibility index (Phi) is 12.5. The van der Waals surface area contributed by atoms with Crippen molar-refractivity contribution in [1.29, 1.82) is 0 Å². The van der Waals surface area contributed by atoms with Crippen LogP contribution in [0.5, 0.6) is 5.75 Å². The first-order chi connectivity index (χ1) is 34.7. The zero-order chi connectivity index (χ0) is 49.9. The van der Waals surface area contributed by atoms with Crippen molar-refractivity contribution in [2.45, 2.75) is 121 Å². The Balaban J connectivity index is 0.649. The molecule has 0 bridgehead atoms. The number of carbonyl (C=O) groups excluding carboxylic acids is 3. The smallest absolute Gasteiger partial charge is 0.246 e. The van der Waals surface area contributed by atoms with Gasteiger partial charge in [-0.05, 0) is 98.1 Å². The number of aromatic nitrogens is 4. The second-order valence-electron chi connectivity index (χ2n) is 22.8. The van der Waals surface area contributed by atoms with Gasteiger partial charge in [-0.2, -0.15) is 0 Å². The summed E-state index contributed by atoms with van der Waals surface area (Å²) in [7, 11) is 0. The monoisotopic (exact) mass is 977 g/mol. The first-order valence-electron chi connectivity index (χ1n) is 26.1. The van der Waals surface area contributed by atoms with Crippen molar-refractivity contribution < 1.29 is 24.6 Å². The third-order valence-electron chi connectivity index (χ3n) is 17.1. The topological polar surface area (TPSA) is 196 Å². The molecule has 2 spiro atoms. The lowest BCUT2D eigenvalue weighted by Gasteiger charge is -2.58. The zero-order valence-electron chi connectivity index (χ0n) is 41.8. The molecule has 7 aliphatic rings. The molecule has 5 N–H and O–H groups in total. The maximum absolute atomic E-state index is 14.3. The number of nitrogens with one attached hydrogen (secondary N) is 3. The number of amides is 3. The highest BCUT2D eigenvalue weighted by atomic mass is 16.3. The molecule has 378 valence electrons. The molecule has 3 aliphatic carbocycles. The van der Waals surface area contributed by atoms with E-state index in [1.54, 1.807) is 12.1 Å². The first kappa shape index (κ1) is 47.8. The highest BCUT2D eigenvalue weighted by Gasteiger charge is 2.58. The van der Waals surface area contributed by atoms with Crippen LogP contribution >= 0.6 is 0 Å². The van der Waals surface area contributed by atoms with Gasteiger partial charge in [0.25, 0.3) is 0 Å². The van der Waals surface area contributed by atoms with E-state index in [1.807, 2.05) is 75.6 Å². The Morgan fingerprint density at radius 3 is 2.35 bits per heavy atom. The number of nitrogens with zero attached hydrogens (tertiary/aromatic N) is 9. The number of aliphatic hydroxyl groups excluding tert-OH is 1. The third kappa shape index (κ3) is 9.28. The second kappa shape index (κ2) is 18.8. The predicted octanol–water partition coefficient (Wildman–Crippen LogP) is 4.54. The van der Waals surface area contributed by atoms with E-state index in [9.17, 15) is 24.6 Å². The van der Waals surface area contributed by atoms with Gasteiger partial charge < -0.3 is 45.8 Å². The molecule has 3 amide bonds. The molecule has 0 unspecified atom stereocenters. The van der Waals surface area contributed by atoms with Crippen LogP contribution in [0.4, 0.5) is 23.1 Å². The Hall–Kier alpha value is -6.51. The van der Waals surface area contributed by atoms with Gasteiger partial charge in [-0.15, -0.1) is 16.6 Å². The molecule has 17 nitrogen and oxygen atoms in total. The number of hydrogen-bond acceptors (Lipinski definition) is 14. The molecule has 6 fully saturated rings. The molecule has 3 saturated carbocycles. The number of terminal acetylenes is 1. The number of aliphatic hydroxyl groups is 1. The van der Waals surface area contributed by atoms with Crippen molar-refractivity contribution in [3.63, 3.8) is 0 Å². The van der Waals surface area contributed by atoms with Crippen LogP contribution in [0, 0.1) is 29.1 Å². The fourth-order valence-electron chi connectivity index (χ4n) is 12.8. The van der Waals surface area contributed by atoms with Crippen molar-refractivity contribution >= 4 is 40.9 Å². The molecule has 2 aromatic carbocycles. The zero-order valence-corrected chi connectivity index (χ0v) is 41.8. The second-order valence-corrected chi connectivity index (χ2v) is 22.8. The number of carbonyl (C=O) groups is 3. The molecule has 2 aromatic heterocycles. The fraction of sp³-hybridized carbons (Fsp3) is 0.545. The molecule has 4 aliphatic heterocycles. The number of aromatic hydroxyl groups is 1. The lowest BCUT2D eigenvalue weighted by Crippen LogP contribution is -2.63. The number of phenolic OH excluding ortho intramolecular Hbond substituents is 1. The first-order valence-corrected chi connectivity index (χ1v) is 26.1. The van der Waals surface area contributed by atoms with Crippen LogP contribution in [0.3, 0.4) is 0 Å². The minimum atomic E-state index is -0.844. The summed E-state index contributed by atoms with van der Waals surface area (Å²) in [5.41, 5.74) is 4.85. The molecule has 4 aromatic rings. The number of hydrogen-bond donors (Lipinski definition) is 5. The SMILES string of the molecule is C#Cc1ccc(CNC(=O)[C@@H]2C[C@@H](O)CN2C(=O)[C@@H](NC(=O)[C@H]2CCC3(CC2)C[C@H](N2CCN(c4cnc(N5CCN6c7cc(-c8ccccc8O)nnc7NC[C@H]6C5)nc4)CC24CC4)C3)C(C)(C)C)cc1. The largest absolute Gasteiger partial charge is 0.507 e. The van der Waals surface area contributed by atoms with E-state index in [2.05, 4.69) is 51.7 Å². The van der Waals surface area contributed by atoms with Crippen LogP contribution in [-0.4, -0.2) is 146 Å². The number of β-amino-alcohol motifs (C(OH)–C–C–N with tert-alkyl or cyclic N) is 1. The van der Waals surface area contributed by atoms with Crippen molar-refractivity contribution in [2.24, 2.45) is 16.7 Å². The van der Waals surface area contributed by atoms with Crippen LogP contribution in [0.1, 0.15) is 89.7 Å². The van der Waals surface area contributed by atoms with E-state index < -0.39 is 23.6 Å². The lowest BCUT2D eigenvalue weighted by molar-refractivity contribution is -0.145. The van der Waals surface area contributed by atoms with E-state index in [0.29, 0.717) is 17.3 Å². The molecular formula is C55H68N12O5. The molecule has 6 heterocycles. The minimum absolute atomic E-state index is 0.0404. The van der Waals surface area contributed by atoms with Crippen molar-refractivity contribution in [3.8, 4) is 29.4 Å². The van der Waals surface area contributed by atoms with Gasteiger partial charge in [0.2, 0.25) is 23.7 Å². The molecule has 17 heteroatoms. The van der Waals surface area contributed by atoms with Crippen molar-refractivity contribution in [3.05, 3.63) is 78.1 Å². The molecule has 0 radical (unpaired) electrons. The van der Waals surface area contributed by atoms with E-state index in [0.717, 1.165) is 106 Å². The number of likely N-dealkylation sites (tertiary alicyclic amines) is 1. The average molecular weight is 977 g/mol. The van der Waals surface area contributed by atoms with Gasteiger partial charge in [-0.1, -0.05) is 51.0 Å². The predicted molar refractivity (Wildman–Crippen MR) is 275 cm³/mol. The van der Waals surface area contributed by atoms with Crippen LogP contribution < -0.4 is 30.7 Å². The molecule has 72 heavy (non-hydrogen) atoms. The standard InChI is InChI=1S/C55H68N12O5/c1-5-35-10-12-36(13-11-35)28-57-50(71)45-24-41(68)33-66(45)51(72)47(53(2,3)4)60-49(70)37-14-16-54(17-15-37)26-38(27-54)67-23-21-64(34-55(67)18-19-55)39-29-58-52(59-30-39)63-20-22-65-40(32-63)31-56-48-44(65)25-43(61-62-48)42-8-6-7-9-46(42)69/h1,6-13,25,29-30,37-38,40-41,45,47,68-69H,14-24,26-28,31-34H2,2-4H3,(H,56,62)(H,57,71)(H,60,70)/t37-,38-,40-,41+,45-,47+,54?/m0/s1. The van der Waals surface area contributed by atoms with Gasteiger partial charge in [0.05, 0.1) is 41.6 Å². The summed E-state index contributed by atoms with van der Waals surface area (Å²) in [6.45, 7) is 12.1. The molecule has 4 atom stereocenters. The summed E-state index contributed by atoms with van der Waals surface area (Å²) in [5.74, 6) is 3.35. The number of anilines is 4. The lowest BCUT2D eigenvalue weighted by atomic mass is 9.56. The van der Waals surface area contributed by atoms with Gasteiger partial charge in [0.1, 0.15) is 17.8 Å². The summed E-state index contributed by atoms with van der Waals surface area (Å²) in [5, 5.41) is 39.6. The van der Waals surface area contributed by atoms with Crippen molar-refractivity contribution in [2.75, 3.05) is 72.4 Å². The minimum Gasteiger partial charge on any atom is -0.507 e. The van der Waals surface area contributed by atoms with Gasteiger partial charge in [0, 0.05) is 93.9 Å². The number of rotatable bonds is 10. The maximum Gasteiger partial charge on any atom is 0.246 e. The van der Waals surface area contributed by atoms with Gasteiger partial charge in [-0.3, -0.25) is 19.3 Å². The molecule has 11 rings (SSSR count). The normalized spacial score (nSPS) is 27.0. The number of benzene rings is 2. The van der Waals surface area contributed by atoms with Crippen LogP contribution in [0.25, 0.3) is 11.3 Å². The van der Waals surface area contributed by atoms with E-state index in [-0.39, 0.29) is 65.9 Å². The van der Waals surface area contributed by atoms with Gasteiger partial charge >= 0.3 is 0 Å². The number of phenols is 1. The number of fused-ring (bicyclic) bond motifs is 3. The average Bonchev–Trinajstić information content (AvgIpc) is 4.03. The highest BCUT2D eigenvalue weighted by molar-refractivity contribution is 5.93. The van der Waals surface area contributed by atoms with E-state index in [1.165, 1.54) is 30.6 Å². The van der Waals surface area contributed by atoms with E-state index in [4.69, 9.17) is 16.4 Å². The summed E-state index contributed by atoms with van der Waals surface area (Å²) in [6, 6.07) is 15.7. The fourth-order valence-corrected chi connectivity index (χ4v) is 12.8. The Bertz CT molecular complexity index is 2720. The number of para-hydroxylation sites is 1. The summed E-state index contributed by atoms with van der Waals surface area (Å²) in [4.78, 5) is 63.0. The maximum atomic E-state index is 14.3. The number of piperazine rings is 2. The van der Waals surface area contributed by atoms with Crippen LogP contribution in [-0.2, 0) is 20.9 Å². The van der Waals surface area contributed by atoms with Crippen LogP contribution in [0.15, 0.2) is 67.0 Å². The summed E-state index contributed by atoms with van der Waals surface area (Å²) in [6.07, 6.45) is 17.2.